The number of hydrogen-bond donors (Lipinski definition) is 2. The van der Waals surface area contributed by atoms with Gasteiger partial charge in [0.1, 0.15) is 6.07 Å². The normalized spacial score (nSPS) is 11.0. The van der Waals surface area contributed by atoms with Crippen molar-refractivity contribution in [2.75, 3.05) is 12.3 Å². The smallest absolute Gasteiger partial charge is 0.339 e. The Morgan fingerprint density at radius 1 is 1.52 bits per heavy atom. The van der Waals surface area contributed by atoms with Gasteiger partial charge in [-0.3, -0.25) is 0 Å². The highest BCUT2D eigenvalue weighted by atomic mass is 16.5. The van der Waals surface area contributed by atoms with E-state index in [1.807, 2.05) is 24.4 Å². The number of carbonyl (C=O) groups is 1. The van der Waals surface area contributed by atoms with Crippen LogP contribution in [0.2, 0.25) is 0 Å². The zero-order valence-corrected chi connectivity index (χ0v) is 14.9. The Hall–Kier alpha value is -3.07. The first-order valence-electron chi connectivity index (χ1n) is 8.06. The highest BCUT2D eigenvalue weighted by Gasteiger charge is 2.11. The van der Waals surface area contributed by atoms with Gasteiger partial charge in [-0.05, 0) is 38.5 Å². The third kappa shape index (κ3) is 4.95. The van der Waals surface area contributed by atoms with Gasteiger partial charge in [0, 0.05) is 35.0 Å². The number of rotatable bonds is 5. The van der Waals surface area contributed by atoms with E-state index in [0.29, 0.717) is 23.9 Å². The van der Waals surface area contributed by atoms with Gasteiger partial charge in [0.15, 0.2) is 0 Å². The SMILES string of the molecule is C=C(C=N)C(=O)OCC.CCC(C)n1cc(C#N)c2cc(N)ccc21. The van der Waals surface area contributed by atoms with Gasteiger partial charge in [0.25, 0.3) is 0 Å². The molecule has 25 heavy (non-hydrogen) atoms. The molecule has 0 radical (unpaired) electrons. The maximum Gasteiger partial charge on any atom is 0.339 e. The second-order valence-corrected chi connectivity index (χ2v) is 5.49. The van der Waals surface area contributed by atoms with Gasteiger partial charge in [-0.2, -0.15) is 5.26 Å². The fourth-order valence-corrected chi connectivity index (χ4v) is 2.21. The summed E-state index contributed by atoms with van der Waals surface area (Å²) in [7, 11) is 0. The summed E-state index contributed by atoms with van der Waals surface area (Å²) < 4.78 is 6.65. The number of benzene rings is 1. The van der Waals surface area contributed by atoms with Crippen LogP contribution in [0.4, 0.5) is 5.69 Å². The molecule has 2 aromatic rings. The van der Waals surface area contributed by atoms with Crippen LogP contribution < -0.4 is 5.73 Å². The first-order chi connectivity index (χ1) is 11.9. The summed E-state index contributed by atoms with van der Waals surface area (Å²) in [4.78, 5) is 10.5. The Labute approximate surface area is 148 Å². The molecule has 0 aliphatic rings. The van der Waals surface area contributed by atoms with Crippen molar-refractivity contribution in [1.82, 2.24) is 4.57 Å². The molecule has 0 spiro atoms. The van der Waals surface area contributed by atoms with Crippen LogP contribution in [0.1, 0.15) is 38.8 Å². The molecule has 6 heteroatoms. The molecule has 3 N–H and O–H groups in total. The van der Waals surface area contributed by atoms with E-state index < -0.39 is 5.97 Å². The number of nitrogens with two attached hydrogens (primary N) is 1. The molecular formula is C19H24N4O2. The minimum Gasteiger partial charge on any atom is -0.462 e. The van der Waals surface area contributed by atoms with Crippen molar-refractivity contribution >= 4 is 28.8 Å². The maximum atomic E-state index is 10.5. The minimum absolute atomic E-state index is 0.0804. The number of aromatic nitrogens is 1. The fraction of sp³-hybridized carbons (Fsp3) is 0.316. The van der Waals surface area contributed by atoms with E-state index in [0.717, 1.165) is 23.5 Å². The number of esters is 1. The van der Waals surface area contributed by atoms with Crippen LogP contribution >= 0.6 is 0 Å². The Bertz CT molecular complexity index is 815. The number of anilines is 1. The largest absolute Gasteiger partial charge is 0.462 e. The van der Waals surface area contributed by atoms with Crippen molar-refractivity contribution in [3.63, 3.8) is 0 Å². The molecule has 0 aliphatic heterocycles. The molecule has 1 heterocycles. The zero-order chi connectivity index (χ0) is 19.0. The Balaban J connectivity index is 0.000000299. The predicted molar refractivity (Wildman–Crippen MR) is 101 cm³/mol. The monoisotopic (exact) mass is 340 g/mol. The van der Waals surface area contributed by atoms with Crippen molar-refractivity contribution in [2.45, 2.75) is 33.2 Å². The first-order valence-corrected chi connectivity index (χ1v) is 8.06. The van der Waals surface area contributed by atoms with Crippen LogP contribution in [0, 0.1) is 16.7 Å². The summed E-state index contributed by atoms with van der Waals surface area (Å²) in [5.41, 5.74) is 8.31. The molecule has 0 aliphatic carbocycles. The molecule has 1 aromatic heterocycles. The average molecular weight is 340 g/mol. The molecule has 2 rings (SSSR count). The van der Waals surface area contributed by atoms with Crippen molar-refractivity contribution in [1.29, 1.82) is 10.7 Å². The second-order valence-electron chi connectivity index (χ2n) is 5.49. The summed E-state index contributed by atoms with van der Waals surface area (Å²) >= 11 is 0. The summed E-state index contributed by atoms with van der Waals surface area (Å²) in [6.45, 7) is 9.59. The van der Waals surface area contributed by atoms with E-state index >= 15 is 0 Å². The van der Waals surface area contributed by atoms with Gasteiger partial charge in [0.2, 0.25) is 0 Å². The van der Waals surface area contributed by atoms with Gasteiger partial charge in [0.05, 0.1) is 17.7 Å². The van der Waals surface area contributed by atoms with Crippen molar-refractivity contribution < 1.29 is 9.53 Å². The number of nitrogen functional groups attached to an aromatic ring is 1. The highest BCUT2D eigenvalue weighted by molar-refractivity contribution is 6.07. The number of nitrogens with zero attached hydrogens (tertiary/aromatic N) is 2. The quantitative estimate of drug-likeness (QED) is 0.373. The van der Waals surface area contributed by atoms with Crippen LogP contribution in [-0.2, 0) is 9.53 Å². The molecular weight excluding hydrogens is 316 g/mol. The predicted octanol–water partition coefficient (Wildman–Crippen LogP) is 3.82. The topological polar surface area (TPSA) is 105 Å². The molecule has 1 unspecified atom stereocenters. The summed E-state index contributed by atoms with van der Waals surface area (Å²) in [6.07, 6.45) is 3.83. The van der Waals surface area contributed by atoms with E-state index in [1.165, 1.54) is 0 Å². The molecule has 0 saturated carbocycles. The average Bonchev–Trinajstić information content (AvgIpc) is 2.98. The first kappa shape index (κ1) is 20.0. The van der Waals surface area contributed by atoms with Crippen molar-refractivity contribution in [2.24, 2.45) is 0 Å². The lowest BCUT2D eigenvalue weighted by molar-refractivity contribution is -0.137. The number of ether oxygens (including phenoxy) is 1. The zero-order valence-electron chi connectivity index (χ0n) is 14.9. The standard InChI is InChI=1S/C13H15N3.C6H9NO2/c1-3-9(2)16-8-10(7-14)12-6-11(15)4-5-13(12)16;1-3-9-6(8)5(2)4-7/h4-6,8-9H,3,15H2,1-2H3;4,7H,2-3H2,1H3. The molecule has 132 valence electrons. The van der Waals surface area contributed by atoms with Gasteiger partial charge < -0.3 is 20.4 Å². The lowest BCUT2D eigenvalue weighted by atomic mass is 10.1. The molecule has 0 bridgehead atoms. The van der Waals surface area contributed by atoms with Crippen LogP contribution in [0.25, 0.3) is 10.9 Å². The van der Waals surface area contributed by atoms with Gasteiger partial charge >= 0.3 is 5.97 Å². The number of hydrogen-bond acceptors (Lipinski definition) is 5. The number of carbonyl (C=O) groups excluding carboxylic acids is 1. The van der Waals surface area contributed by atoms with Crippen LogP contribution in [0.15, 0.2) is 36.5 Å². The van der Waals surface area contributed by atoms with Gasteiger partial charge in [-0.25, -0.2) is 4.79 Å². The van der Waals surface area contributed by atoms with Crippen molar-refractivity contribution in [3.05, 3.63) is 42.1 Å². The molecule has 0 saturated heterocycles. The second kappa shape index (κ2) is 9.28. The summed E-state index contributed by atoms with van der Waals surface area (Å²) in [5.74, 6) is -0.521. The van der Waals surface area contributed by atoms with Crippen LogP contribution in [-0.4, -0.2) is 23.4 Å². The number of nitrogens with one attached hydrogen (secondary N) is 1. The molecule has 1 atom stereocenters. The van der Waals surface area contributed by atoms with E-state index in [2.05, 4.69) is 35.8 Å². The Morgan fingerprint density at radius 3 is 2.72 bits per heavy atom. The lowest BCUT2D eigenvalue weighted by Crippen LogP contribution is -2.06. The van der Waals surface area contributed by atoms with Gasteiger partial charge in [-0.1, -0.05) is 13.5 Å². The fourth-order valence-electron chi connectivity index (χ4n) is 2.21. The molecule has 0 amide bonds. The third-order valence-corrected chi connectivity index (χ3v) is 3.76. The Kier molecular flexibility index (Phi) is 7.42. The number of nitriles is 1. The van der Waals surface area contributed by atoms with E-state index in [-0.39, 0.29) is 5.57 Å². The molecule has 0 fully saturated rings. The van der Waals surface area contributed by atoms with E-state index in [9.17, 15) is 4.79 Å². The minimum atomic E-state index is -0.521. The van der Waals surface area contributed by atoms with Crippen molar-refractivity contribution in [3.8, 4) is 6.07 Å². The maximum absolute atomic E-state index is 10.5. The van der Waals surface area contributed by atoms with E-state index in [1.54, 1.807) is 6.92 Å². The van der Waals surface area contributed by atoms with Crippen LogP contribution in [0.5, 0.6) is 0 Å². The van der Waals surface area contributed by atoms with Gasteiger partial charge in [-0.15, -0.1) is 0 Å². The molecule has 1 aromatic carbocycles. The Morgan fingerprint density at radius 2 is 2.20 bits per heavy atom. The molecule has 6 nitrogen and oxygen atoms in total. The third-order valence-electron chi connectivity index (χ3n) is 3.76. The number of fused-ring (bicyclic) bond motifs is 1. The van der Waals surface area contributed by atoms with Crippen LogP contribution in [0.3, 0.4) is 0 Å². The lowest BCUT2D eigenvalue weighted by Gasteiger charge is -2.12. The summed E-state index contributed by atoms with van der Waals surface area (Å²) in [5, 5.41) is 16.6. The van der Waals surface area contributed by atoms with E-state index in [4.69, 9.17) is 16.4 Å². The highest BCUT2D eigenvalue weighted by Crippen LogP contribution is 2.27. The summed E-state index contributed by atoms with van der Waals surface area (Å²) in [6, 6.07) is 8.35.